The smallest absolute Gasteiger partial charge is 0.0976 e. The quantitative estimate of drug-likeness (QED) is 0.601. The van der Waals surface area contributed by atoms with Crippen molar-refractivity contribution in [3.63, 3.8) is 0 Å². The van der Waals surface area contributed by atoms with Crippen LogP contribution in [-0.4, -0.2) is 11.4 Å². The van der Waals surface area contributed by atoms with Crippen LogP contribution in [0.5, 0.6) is 0 Å². The second kappa shape index (κ2) is 3.83. The van der Waals surface area contributed by atoms with Gasteiger partial charge in [0, 0.05) is 0 Å². The van der Waals surface area contributed by atoms with E-state index in [9.17, 15) is 0 Å². The summed E-state index contributed by atoms with van der Waals surface area (Å²) in [5, 5.41) is 0. The first-order chi connectivity index (χ1) is 4.88. The summed E-state index contributed by atoms with van der Waals surface area (Å²) in [6, 6.07) is 0. The highest BCUT2D eigenvalue weighted by atomic mass is 79.9. The zero-order valence-corrected chi connectivity index (χ0v) is 8.13. The fourth-order valence-corrected chi connectivity index (χ4v) is 1.21. The summed E-state index contributed by atoms with van der Waals surface area (Å²) in [5.74, 6) is 0. The molecule has 0 aromatic rings. The van der Waals surface area contributed by atoms with E-state index < -0.39 is 0 Å². The highest BCUT2D eigenvalue weighted by Gasteiger charge is 2.02. The highest BCUT2D eigenvalue weighted by molar-refractivity contribution is 9.08. The first-order valence-corrected chi connectivity index (χ1v) is 4.03. The summed E-state index contributed by atoms with van der Waals surface area (Å²) in [6.07, 6.45) is 7.55. The molecular weight excluding hydrogens is 260 g/mol. The molecule has 0 bridgehead atoms. The van der Waals surface area contributed by atoms with Crippen molar-refractivity contribution in [2.45, 2.75) is 0 Å². The minimum atomic E-state index is 0.819. The number of rotatable bonds is 0. The van der Waals surface area contributed by atoms with Crippen molar-refractivity contribution in [3.8, 4) is 0 Å². The molecule has 0 heterocycles. The second-order valence-corrected chi connectivity index (χ2v) is 2.37. The first-order valence-electron chi connectivity index (χ1n) is 2.61. The van der Waals surface area contributed by atoms with Crippen molar-refractivity contribution < 1.29 is 0 Å². The van der Waals surface area contributed by atoms with Crippen LogP contribution in [0.3, 0.4) is 0 Å². The Morgan fingerprint density at radius 2 is 1.30 bits per heavy atom. The van der Waals surface area contributed by atoms with E-state index in [1.54, 1.807) is 0 Å². The van der Waals surface area contributed by atoms with Gasteiger partial charge in [-0.05, 0) is 12.2 Å². The van der Waals surface area contributed by atoms with Crippen molar-refractivity contribution >= 4 is 43.7 Å². The first kappa shape index (κ1) is 7.88. The number of nitrogens with zero attached hydrogens (tertiary/aromatic N) is 2. The molecule has 0 amide bonds. The van der Waals surface area contributed by atoms with Crippen LogP contribution in [0.2, 0.25) is 0 Å². The third kappa shape index (κ3) is 1.64. The van der Waals surface area contributed by atoms with Crippen LogP contribution in [0.25, 0.3) is 0 Å². The lowest BCUT2D eigenvalue weighted by molar-refractivity contribution is 1.84. The minimum Gasteiger partial charge on any atom is -0.205 e. The van der Waals surface area contributed by atoms with Gasteiger partial charge in [-0.1, -0.05) is 12.2 Å². The van der Waals surface area contributed by atoms with E-state index in [4.69, 9.17) is 0 Å². The molecule has 1 rings (SSSR count). The third-order valence-corrected chi connectivity index (χ3v) is 1.83. The molecule has 0 N–H and O–H groups in total. The molecule has 0 saturated carbocycles. The SMILES string of the molecule is Br/N=C1/C=CC=C/C1=N/Br. The van der Waals surface area contributed by atoms with Gasteiger partial charge in [0.1, 0.15) is 0 Å². The average molecular weight is 264 g/mol. The van der Waals surface area contributed by atoms with Gasteiger partial charge in [-0.15, -0.1) is 0 Å². The molecule has 0 aliphatic heterocycles. The lowest BCUT2D eigenvalue weighted by atomic mass is 10.1. The number of halogens is 2. The summed E-state index contributed by atoms with van der Waals surface area (Å²) >= 11 is 5.99. The summed E-state index contributed by atoms with van der Waals surface area (Å²) in [6.45, 7) is 0. The van der Waals surface area contributed by atoms with Crippen molar-refractivity contribution in [2.75, 3.05) is 0 Å². The van der Waals surface area contributed by atoms with Crippen LogP contribution in [0.1, 0.15) is 0 Å². The fourth-order valence-electron chi connectivity index (χ4n) is 0.607. The van der Waals surface area contributed by atoms with Crippen molar-refractivity contribution in [1.29, 1.82) is 0 Å². The summed E-state index contributed by atoms with van der Waals surface area (Å²) < 4.78 is 7.66. The van der Waals surface area contributed by atoms with E-state index in [2.05, 4.69) is 40.3 Å². The molecule has 0 aromatic carbocycles. The Kier molecular flexibility index (Phi) is 3.02. The van der Waals surface area contributed by atoms with Gasteiger partial charge in [-0.3, -0.25) is 0 Å². The molecule has 0 aromatic heterocycles. The number of allylic oxidation sites excluding steroid dienone is 4. The second-order valence-electron chi connectivity index (χ2n) is 1.66. The molecule has 0 atom stereocenters. The Morgan fingerprint density at radius 3 is 1.60 bits per heavy atom. The Bertz CT molecular complexity index is 212. The lowest BCUT2D eigenvalue weighted by Gasteiger charge is -1.99. The van der Waals surface area contributed by atoms with Crippen molar-refractivity contribution in [1.82, 2.24) is 0 Å². The maximum atomic E-state index is 3.83. The number of hydrogen-bond acceptors (Lipinski definition) is 2. The third-order valence-electron chi connectivity index (χ3n) is 1.06. The van der Waals surface area contributed by atoms with Crippen LogP contribution in [-0.2, 0) is 0 Å². The lowest BCUT2D eigenvalue weighted by Crippen LogP contribution is -2.08. The van der Waals surface area contributed by atoms with E-state index in [0.717, 1.165) is 11.4 Å². The van der Waals surface area contributed by atoms with Crippen LogP contribution in [0.4, 0.5) is 0 Å². The van der Waals surface area contributed by atoms with Gasteiger partial charge in [0.25, 0.3) is 0 Å². The van der Waals surface area contributed by atoms with Gasteiger partial charge in [0.15, 0.2) is 0 Å². The summed E-state index contributed by atoms with van der Waals surface area (Å²) in [7, 11) is 0. The normalized spacial score (nSPS) is 24.6. The molecule has 52 valence electrons. The Balaban J connectivity index is 2.96. The van der Waals surface area contributed by atoms with Crippen LogP contribution < -0.4 is 0 Å². The van der Waals surface area contributed by atoms with E-state index in [1.807, 2.05) is 24.3 Å². The topological polar surface area (TPSA) is 24.7 Å². The molecule has 0 saturated heterocycles. The average Bonchev–Trinajstić information content (AvgIpc) is 2.04. The van der Waals surface area contributed by atoms with Gasteiger partial charge in [0.2, 0.25) is 0 Å². The predicted molar refractivity (Wildman–Crippen MR) is 51.0 cm³/mol. The molecule has 1 aliphatic rings. The van der Waals surface area contributed by atoms with Gasteiger partial charge >= 0.3 is 0 Å². The Hall–Kier alpha value is -0.220. The van der Waals surface area contributed by atoms with E-state index in [-0.39, 0.29) is 0 Å². The van der Waals surface area contributed by atoms with Gasteiger partial charge < -0.3 is 0 Å². The standard InChI is InChI=1S/C6H4Br2N2/c7-9-5-3-1-2-4-6(5)10-8/h1-4H/b9-5-,10-6-. The van der Waals surface area contributed by atoms with Crippen molar-refractivity contribution in [2.24, 2.45) is 8.04 Å². The summed E-state index contributed by atoms with van der Waals surface area (Å²) in [4.78, 5) is 0. The van der Waals surface area contributed by atoms with Crippen LogP contribution in [0, 0.1) is 0 Å². The van der Waals surface area contributed by atoms with E-state index in [1.165, 1.54) is 0 Å². The van der Waals surface area contributed by atoms with E-state index in [0.29, 0.717) is 0 Å². The maximum absolute atomic E-state index is 3.83. The number of hydrogen-bond donors (Lipinski definition) is 0. The van der Waals surface area contributed by atoms with Crippen LogP contribution >= 0.6 is 32.3 Å². The summed E-state index contributed by atoms with van der Waals surface area (Å²) in [5.41, 5.74) is 1.64. The minimum absolute atomic E-state index is 0.819. The highest BCUT2D eigenvalue weighted by Crippen LogP contribution is 2.02. The molecule has 2 nitrogen and oxygen atoms in total. The molecule has 1 aliphatic carbocycles. The predicted octanol–water partition coefficient (Wildman–Crippen LogP) is 2.61. The van der Waals surface area contributed by atoms with E-state index >= 15 is 0 Å². The van der Waals surface area contributed by atoms with Gasteiger partial charge in [-0.2, -0.15) is 0 Å². The maximum Gasteiger partial charge on any atom is 0.0976 e. The molecule has 10 heavy (non-hydrogen) atoms. The Labute approximate surface area is 76.1 Å². The zero-order chi connectivity index (χ0) is 7.40. The fraction of sp³-hybridized carbons (Fsp3) is 0. The molecular formula is C6H4Br2N2. The zero-order valence-electron chi connectivity index (χ0n) is 4.96. The molecule has 0 radical (unpaired) electrons. The van der Waals surface area contributed by atoms with Crippen molar-refractivity contribution in [3.05, 3.63) is 24.3 Å². The largest absolute Gasteiger partial charge is 0.205 e. The molecule has 4 heteroatoms. The Morgan fingerprint density at radius 1 is 0.900 bits per heavy atom. The molecule has 0 spiro atoms. The van der Waals surface area contributed by atoms with Crippen LogP contribution in [0.15, 0.2) is 32.3 Å². The molecule has 0 unspecified atom stereocenters. The van der Waals surface area contributed by atoms with Gasteiger partial charge in [-0.25, -0.2) is 8.04 Å². The monoisotopic (exact) mass is 262 g/mol. The molecule has 0 fully saturated rings. The van der Waals surface area contributed by atoms with Gasteiger partial charge in [0.05, 0.1) is 43.7 Å².